The number of nitrogens with one attached hydrogen (secondary N) is 1. The molecule has 1 heterocycles. The molecule has 0 unspecified atom stereocenters. The van der Waals surface area contributed by atoms with E-state index in [4.69, 9.17) is 9.47 Å². The molecule has 2 aromatic carbocycles. The Morgan fingerprint density at radius 2 is 1.93 bits per heavy atom. The first-order chi connectivity index (χ1) is 13.5. The molecule has 7 heteroatoms. The summed E-state index contributed by atoms with van der Waals surface area (Å²) in [6, 6.07) is 13.6. The number of anilines is 1. The second-order valence-electron chi connectivity index (χ2n) is 6.55. The van der Waals surface area contributed by atoms with Crippen molar-refractivity contribution in [2.75, 3.05) is 12.4 Å². The van der Waals surface area contributed by atoms with Crippen molar-refractivity contribution < 1.29 is 23.9 Å². The zero-order chi connectivity index (χ0) is 20.1. The molecule has 146 valence electrons. The Hall–Kier alpha value is -3.35. The largest absolute Gasteiger partial charge is 0.495 e. The van der Waals surface area contributed by atoms with Gasteiger partial charge in [0.05, 0.1) is 12.8 Å². The van der Waals surface area contributed by atoms with E-state index in [1.807, 2.05) is 43.3 Å². The standard InChI is InChI=1S/C21H22N2O5/c1-14-8-10-18(27-2)16(12-14)22-20(25)17-9-11-19(24)23(17)21(26)28-13-15-6-4-3-5-7-15/h3-8,10,12,17H,9,11,13H2,1-2H3,(H,22,25)/t17-/m1/s1. The average Bonchev–Trinajstić information content (AvgIpc) is 3.09. The van der Waals surface area contributed by atoms with Crippen molar-refractivity contribution in [2.45, 2.75) is 32.4 Å². The molecule has 0 bridgehead atoms. The van der Waals surface area contributed by atoms with Crippen molar-refractivity contribution in [3.63, 3.8) is 0 Å². The van der Waals surface area contributed by atoms with Gasteiger partial charge < -0.3 is 14.8 Å². The van der Waals surface area contributed by atoms with Crippen LogP contribution in [0.1, 0.15) is 24.0 Å². The van der Waals surface area contributed by atoms with Gasteiger partial charge in [-0.1, -0.05) is 36.4 Å². The molecule has 1 fully saturated rings. The van der Waals surface area contributed by atoms with Gasteiger partial charge in [0.1, 0.15) is 18.4 Å². The molecular weight excluding hydrogens is 360 g/mol. The number of benzene rings is 2. The molecule has 1 aliphatic rings. The quantitative estimate of drug-likeness (QED) is 0.858. The summed E-state index contributed by atoms with van der Waals surface area (Å²) < 4.78 is 10.5. The summed E-state index contributed by atoms with van der Waals surface area (Å²) in [5, 5.41) is 2.76. The summed E-state index contributed by atoms with van der Waals surface area (Å²) in [7, 11) is 1.51. The lowest BCUT2D eigenvalue weighted by Gasteiger charge is -2.22. The number of aryl methyl sites for hydroxylation is 1. The second-order valence-corrected chi connectivity index (χ2v) is 6.55. The lowest BCUT2D eigenvalue weighted by molar-refractivity contribution is -0.131. The fourth-order valence-electron chi connectivity index (χ4n) is 3.09. The van der Waals surface area contributed by atoms with E-state index in [-0.39, 0.29) is 19.4 Å². The minimum absolute atomic E-state index is 0.0312. The van der Waals surface area contributed by atoms with Crippen LogP contribution >= 0.6 is 0 Å². The lowest BCUT2D eigenvalue weighted by Crippen LogP contribution is -2.45. The van der Waals surface area contributed by atoms with Crippen LogP contribution in [-0.4, -0.2) is 36.0 Å². The normalized spacial score (nSPS) is 16.0. The minimum atomic E-state index is -0.916. The maximum absolute atomic E-state index is 12.8. The zero-order valence-corrected chi connectivity index (χ0v) is 15.8. The van der Waals surface area contributed by atoms with Crippen molar-refractivity contribution in [1.29, 1.82) is 0 Å². The Morgan fingerprint density at radius 3 is 2.64 bits per heavy atom. The maximum atomic E-state index is 12.8. The van der Waals surface area contributed by atoms with Gasteiger partial charge in [-0.2, -0.15) is 0 Å². The number of rotatable bonds is 5. The molecule has 1 N–H and O–H groups in total. The van der Waals surface area contributed by atoms with E-state index in [0.717, 1.165) is 16.0 Å². The van der Waals surface area contributed by atoms with Crippen LogP contribution < -0.4 is 10.1 Å². The molecule has 2 aromatic rings. The monoisotopic (exact) mass is 382 g/mol. The molecule has 0 saturated carbocycles. The summed E-state index contributed by atoms with van der Waals surface area (Å²) in [4.78, 5) is 38.3. The number of methoxy groups -OCH3 is 1. The number of amides is 3. The fourth-order valence-corrected chi connectivity index (χ4v) is 3.09. The number of hydrogen-bond donors (Lipinski definition) is 1. The summed E-state index contributed by atoms with van der Waals surface area (Å²) in [5.41, 5.74) is 2.23. The first kappa shape index (κ1) is 19.4. The molecule has 28 heavy (non-hydrogen) atoms. The van der Waals surface area contributed by atoms with Crippen molar-refractivity contribution in [3.8, 4) is 5.75 Å². The Morgan fingerprint density at radius 1 is 1.18 bits per heavy atom. The number of nitrogens with zero attached hydrogens (tertiary/aromatic N) is 1. The molecule has 0 aliphatic carbocycles. The van der Waals surface area contributed by atoms with E-state index >= 15 is 0 Å². The molecule has 0 radical (unpaired) electrons. The molecule has 1 atom stereocenters. The van der Waals surface area contributed by atoms with Gasteiger partial charge in [-0.05, 0) is 36.6 Å². The highest BCUT2D eigenvalue weighted by molar-refractivity contribution is 6.05. The van der Waals surface area contributed by atoms with Crippen LogP contribution in [0.15, 0.2) is 48.5 Å². The van der Waals surface area contributed by atoms with E-state index in [9.17, 15) is 14.4 Å². The lowest BCUT2D eigenvalue weighted by atomic mass is 10.1. The van der Waals surface area contributed by atoms with Crippen LogP contribution in [0.5, 0.6) is 5.75 Å². The van der Waals surface area contributed by atoms with Gasteiger partial charge in [-0.25, -0.2) is 9.69 Å². The van der Waals surface area contributed by atoms with Crippen LogP contribution in [0.3, 0.4) is 0 Å². The molecule has 1 saturated heterocycles. The van der Waals surface area contributed by atoms with Crippen molar-refractivity contribution in [2.24, 2.45) is 0 Å². The van der Waals surface area contributed by atoms with E-state index < -0.39 is 23.9 Å². The van der Waals surface area contributed by atoms with Crippen LogP contribution in [-0.2, 0) is 20.9 Å². The van der Waals surface area contributed by atoms with Gasteiger partial charge in [0.25, 0.3) is 0 Å². The Balaban J connectivity index is 1.70. The average molecular weight is 382 g/mol. The first-order valence-electron chi connectivity index (χ1n) is 8.98. The molecule has 0 spiro atoms. The van der Waals surface area contributed by atoms with Crippen LogP contribution in [0.4, 0.5) is 10.5 Å². The van der Waals surface area contributed by atoms with Crippen LogP contribution in [0, 0.1) is 6.92 Å². The van der Waals surface area contributed by atoms with Gasteiger partial charge >= 0.3 is 6.09 Å². The third-order valence-corrected chi connectivity index (χ3v) is 4.53. The van der Waals surface area contributed by atoms with Crippen molar-refractivity contribution in [3.05, 3.63) is 59.7 Å². The summed E-state index contributed by atoms with van der Waals surface area (Å²) in [5.74, 6) is -0.373. The van der Waals surface area contributed by atoms with Gasteiger partial charge in [-0.15, -0.1) is 0 Å². The van der Waals surface area contributed by atoms with E-state index in [2.05, 4.69) is 5.32 Å². The Labute approximate surface area is 163 Å². The molecular formula is C21H22N2O5. The molecule has 3 amide bonds. The summed E-state index contributed by atoms with van der Waals surface area (Å²) in [6.07, 6.45) is -0.453. The number of hydrogen-bond acceptors (Lipinski definition) is 5. The fraction of sp³-hybridized carbons (Fsp3) is 0.286. The second kappa shape index (κ2) is 8.56. The molecule has 7 nitrogen and oxygen atoms in total. The number of imide groups is 1. The van der Waals surface area contributed by atoms with Gasteiger partial charge in [0.15, 0.2) is 0 Å². The Bertz CT molecular complexity index is 882. The maximum Gasteiger partial charge on any atom is 0.417 e. The molecule has 1 aliphatic heterocycles. The van der Waals surface area contributed by atoms with E-state index in [1.165, 1.54) is 7.11 Å². The number of ether oxygens (including phenoxy) is 2. The third-order valence-electron chi connectivity index (χ3n) is 4.53. The van der Waals surface area contributed by atoms with Gasteiger partial charge in [-0.3, -0.25) is 9.59 Å². The number of carbonyl (C=O) groups is 3. The van der Waals surface area contributed by atoms with E-state index in [0.29, 0.717) is 11.4 Å². The van der Waals surface area contributed by atoms with E-state index in [1.54, 1.807) is 12.1 Å². The number of carbonyl (C=O) groups excluding carboxylic acids is 3. The highest BCUT2D eigenvalue weighted by Crippen LogP contribution is 2.27. The highest BCUT2D eigenvalue weighted by atomic mass is 16.6. The number of likely N-dealkylation sites (tertiary alicyclic amines) is 1. The molecule has 0 aromatic heterocycles. The highest BCUT2D eigenvalue weighted by Gasteiger charge is 2.41. The predicted molar refractivity (Wildman–Crippen MR) is 103 cm³/mol. The SMILES string of the molecule is COc1ccc(C)cc1NC(=O)[C@H]1CCC(=O)N1C(=O)OCc1ccccc1. The Kier molecular flexibility index (Phi) is 5.93. The van der Waals surface area contributed by atoms with Crippen molar-refractivity contribution >= 4 is 23.6 Å². The van der Waals surface area contributed by atoms with Gasteiger partial charge in [0, 0.05) is 6.42 Å². The van der Waals surface area contributed by atoms with Crippen LogP contribution in [0.25, 0.3) is 0 Å². The van der Waals surface area contributed by atoms with Crippen molar-refractivity contribution in [1.82, 2.24) is 4.90 Å². The third kappa shape index (κ3) is 4.31. The summed E-state index contributed by atoms with van der Waals surface area (Å²) >= 11 is 0. The zero-order valence-electron chi connectivity index (χ0n) is 15.8. The summed E-state index contributed by atoms with van der Waals surface area (Å²) in [6.45, 7) is 1.92. The smallest absolute Gasteiger partial charge is 0.417 e. The molecule has 3 rings (SSSR count). The topological polar surface area (TPSA) is 84.9 Å². The first-order valence-corrected chi connectivity index (χ1v) is 8.98. The van der Waals surface area contributed by atoms with Crippen LogP contribution in [0.2, 0.25) is 0 Å². The van der Waals surface area contributed by atoms with Gasteiger partial charge in [0.2, 0.25) is 11.8 Å². The predicted octanol–water partition coefficient (Wildman–Crippen LogP) is 3.27. The minimum Gasteiger partial charge on any atom is -0.495 e.